The molecule has 1 fully saturated rings. The van der Waals surface area contributed by atoms with Gasteiger partial charge in [0.25, 0.3) is 0 Å². The Kier molecular flexibility index (Phi) is 4.83. The molecule has 0 aliphatic heterocycles. The Balaban J connectivity index is 1.98. The lowest BCUT2D eigenvalue weighted by Gasteiger charge is -2.21. The Bertz CT molecular complexity index is 530. The van der Waals surface area contributed by atoms with E-state index in [1.54, 1.807) is 25.2 Å². The smallest absolute Gasteiger partial charge is 0.337 e. The SMILES string of the molecule is CC1CCC(CNC(=O)N(C)c2ccccc2C(=O)O)C1. The predicted molar refractivity (Wildman–Crippen MR) is 81.7 cm³/mol. The van der Waals surface area contributed by atoms with E-state index in [0.29, 0.717) is 18.2 Å². The Hall–Kier alpha value is -2.04. The second-order valence-corrected chi connectivity index (χ2v) is 5.85. The van der Waals surface area contributed by atoms with Gasteiger partial charge in [0.05, 0.1) is 11.3 Å². The molecule has 2 rings (SSSR count). The molecule has 0 spiro atoms. The summed E-state index contributed by atoms with van der Waals surface area (Å²) in [5, 5.41) is 12.1. The number of carbonyl (C=O) groups excluding carboxylic acids is 1. The van der Waals surface area contributed by atoms with Crippen molar-refractivity contribution in [2.45, 2.75) is 26.2 Å². The van der Waals surface area contributed by atoms with Crippen molar-refractivity contribution in [3.8, 4) is 0 Å². The minimum atomic E-state index is -1.03. The minimum absolute atomic E-state index is 0.129. The molecular weight excluding hydrogens is 268 g/mol. The van der Waals surface area contributed by atoms with Crippen LogP contribution in [-0.4, -0.2) is 30.7 Å². The lowest BCUT2D eigenvalue weighted by Crippen LogP contribution is -2.40. The van der Waals surface area contributed by atoms with Crippen LogP contribution in [-0.2, 0) is 0 Å². The van der Waals surface area contributed by atoms with Crippen LogP contribution >= 0.6 is 0 Å². The lowest BCUT2D eigenvalue weighted by molar-refractivity contribution is 0.0697. The Labute approximate surface area is 125 Å². The zero-order valence-corrected chi connectivity index (χ0v) is 12.5. The molecular formula is C16H22N2O3. The third-order valence-corrected chi connectivity index (χ3v) is 4.15. The maximum atomic E-state index is 12.2. The molecule has 1 aliphatic rings. The normalized spacial score (nSPS) is 21.0. The number of anilines is 1. The summed E-state index contributed by atoms with van der Waals surface area (Å²) in [6.45, 7) is 2.89. The molecule has 2 amide bonds. The van der Waals surface area contributed by atoms with E-state index in [2.05, 4.69) is 12.2 Å². The van der Waals surface area contributed by atoms with E-state index in [1.807, 2.05) is 0 Å². The minimum Gasteiger partial charge on any atom is -0.478 e. The number of carboxylic acids is 1. The van der Waals surface area contributed by atoms with E-state index < -0.39 is 5.97 Å². The molecule has 114 valence electrons. The molecule has 0 radical (unpaired) electrons. The highest BCUT2D eigenvalue weighted by molar-refractivity contribution is 6.01. The topological polar surface area (TPSA) is 69.6 Å². The molecule has 0 saturated heterocycles. The van der Waals surface area contributed by atoms with Crippen molar-refractivity contribution in [1.29, 1.82) is 0 Å². The summed E-state index contributed by atoms with van der Waals surface area (Å²) in [6.07, 6.45) is 3.52. The summed E-state index contributed by atoms with van der Waals surface area (Å²) in [5.74, 6) is 0.235. The van der Waals surface area contributed by atoms with Crippen LogP contribution in [0.25, 0.3) is 0 Å². The molecule has 0 heterocycles. The summed E-state index contributed by atoms with van der Waals surface area (Å²) in [6, 6.07) is 6.26. The van der Waals surface area contributed by atoms with E-state index in [9.17, 15) is 9.59 Å². The molecule has 2 N–H and O–H groups in total. The number of nitrogens with one attached hydrogen (secondary N) is 1. The van der Waals surface area contributed by atoms with Crippen molar-refractivity contribution >= 4 is 17.7 Å². The third-order valence-electron chi connectivity index (χ3n) is 4.15. The molecule has 5 heteroatoms. The molecule has 0 bridgehead atoms. The first-order chi connectivity index (χ1) is 9.99. The summed E-state index contributed by atoms with van der Waals surface area (Å²) in [5.41, 5.74) is 0.534. The van der Waals surface area contributed by atoms with Gasteiger partial charge in [0.15, 0.2) is 0 Å². The molecule has 1 aliphatic carbocycles. The first kappa shape index (κ1) is 15.4. The fraction of sp³-hybridized carbons (Fsp3) is 0.500. The van der Waals surface area contributed by atoms with E-state index >= 15 is 0 Å². The number of nitrogens with zero attached hydrogens (tertiary/aromatic N) is 1. The fourth-order valence-electron chi connectivity index (χ4n) is 2.92. The third kappa shape index (κ3) is 3.74. The largest absolute Gasteiger partial charge is 0.478 e. The fourth-order valence-corrected chi connectivity index (χ4v) is 2.92. The number of para-hydroxylation sites is 1. The Morgan fingerprint density at radius 1 is 1.33 bits per heavy atom. The van der Waals surface area contributed by atoms with Gasteiger partial charge in [-0.2, -0.15) is 0 Å². The first-order valence-corrected chi connectivity index (χ1v) is 7.33. The van der Waals surface area contributed by atoms with E-state index in [4.69, 9.17) is 5.11 Å². The average molecular weight is 290 g/mol. The van der Waals surface area contributed by atoms with Crippen LogP contribution in [0.3, 0.4) is 0 Å². The van der Waals surface area contributed by atoms with Gasteiger partial charge in [0.2, 0.25) is 0 Å². The molecule has 2 atom stereocenters. The number of carboxylic acid groups (broad SMARTS) is 1. The Morgan fingerprint density at radius 3 is 2.67 bits per heavy atom. The van der Waals surface area contributed by atoms with Gasteiger partial charge in [-0.15, -0.1) is 0 Å². The van der Waals surface area contributed by atoms with E-state index in [1.165, 1.54) is 17.4 Å². The number of rotatable bonds is 4. The van der Waals surface area contributed by atoms with Gasteiger partial charge in [-0.1, -0.05) is 25.5 Å². The lowest BCUT2D eigenvalue weighted by atomic mass is 10.1. The number of aromatic carboxylic acids is 1. The molecule has 5 nitrogen and oxygen atoms in total. The number of amides is 2. The second kappa shape index (κ2) is 6.61. The number of hydrogen-bond acceptors (Lipinski definition) is 2. The Morgan fingerprint density at radius 2 is 2.05 bits per heavy atom. The average Bonchev–Trinajstić information content (AvgIpc) is 2.89. The zero-order valence-electron chi connectivity index (χ0n) is 12.5. The van der Waals surface area contributed by atoms with E-state index in [-0.39, 0.29) is 11.6 Å². The highest BCUT2D eigenvalue weighted by Gasteiger charge is 2.23. The standard InChI is InChI=1S/C16H22N2O3/c1-11-7-8-12(9-11)10-17-16(21)18(2)14-6-4-3-5-13(14)15(19)20/h3-6,11-12H,7-10H2,1-2H3,(H,17,21)(H,19,20). The van der Waals surface area contributed by atoms with Crippen molar-refractivity contribution < 1.29 is 14.7 Å². The van der Waals surface area contributed by atoms with Gasteiger partial charge in [0.1, 0.15) is 0 Å². The molecule has 0 aromatic heterocycles. The second-order valence-electron chi connectivity index (χ2n) is 5.85. The number of benzene rings is 1. The van der Waals surface area contributed by atoms with Gasteiger partial charge in [-0.25, -0.2) is 9.59 Å². The highest BCUT2D eigenvalue weighted by Crippen LogP contribution is 2.29. The monoisotopic (exact) mass is 290 g/mol. The van der Waals surface area contributed by atoms with Gasteiger partial charge >= 0.3 is 12.0 Å². The molecule has 2 unspecified atom stereocenters. The maximum absolute atomic E-state index is 12.2. The summed E-state index contributed by atoms with van der Waals surface area (Å²) in [4.78, 5) is 24.7. The van der Waals surface area contributed by atoms with Crippen molar-refractivity contribution in [3.05, 3.63) is 29.8 Å². The summed E-state index contributed by atoms with van der Waals surface area (Å²) in [7, 11) is 1.59. The van der Waals surface area contributed by atoms with Gasteiger partial charge in [0, 0.05) is 13.6 Å². The summed E-state index contributed by atoms with van der Waals surface area (Å²) < 4.78 is 0. The van der Waals surface area contributed by atoms with Crippen LogP contribution in [0, 0.1) is 11.8 Å². The predicted octanol–water partition coefficient (Wildman–Crippen LogP) is 2.97. The molecule has 1 aromatic rings. The van der Waals surface area contributed by atoms with Gasteiger partial charge in [-0.3, -0.25) is 4.90 Å². The maximum Gasteiger partial charge on any atom is 0.337 e. The van der Waals surface area contributed by atoms with Crippen molar-refractivity contribution in [2.24, 2.45) is 11.8 Å². The van der Waals surface area contributed by atoms with Crippen molar-refractivity contribution in [3.63, 3.8) is 0 Å². The summed E-state index contributed by atoms with van der Waals surface area (Å²) >= 11 is 0. The zero-order chi connectivity index (χ0) is 15.4. The number of hydrogen-bond donors (Lipinski definition) is 2. The van der Waals surface area contributed by atoms with E-state index in [0.717, 1.165) is 18.8 Å². The van der Waals surface area contributed by atoms with Crippen LogP contribution in [0.5, 0.6) is 0 Å². The van der Waals surface area contributed by atoms with Gasteiger partial charge < -0.3 is 10.4 Å². The first-order valence-electron chi connectivity index (χ1n) is 7.33. The molecule has 1 aromatic carbocycles. The molecule has 21 heavy (non-hydrogen) atoms. The van der Waals surface area contributed by atoms with Crippen LogP contribution in [0.15, 0.2) is 24.3 Å². The van der Waals surface area contributed by atoms with Gasteiger partial charge in [-0.05, 0) is 36.8 Å². The quantitative estimate of drug-likeness (QED) is 0.895. The van der Waals surface area contributed by atoms with Crippen molar-refractivity contribution in [1.82, 2.24) is 5.32 Å². The van der Waals surface area contributed by atoms with Crippen LogP contribution in [0.1, 0.15) is 36.5 Å². The number of carbonyl (C=O) groups is 2. The van der Waals surface area contributed by atoms with Crippen LogP contribution < -0.4 is 10.2 Å². The molecule has 1 saturated carbocycles. The number of urea groups is 1. The van der Waals surface area contributed by atoms with Crippen LogP contribution in [0.2, 0.25) is 0 Å². The van der Waals surface area contributed by atoms with Crippen molar-refractivity contribution in [2.75, 3.05) is 18.5 Å². The highest BCUT2D eigenvalue weighted by atomic mass is 16.4. The van der Waals surface area contributed by atoms with Crippen LogP contribution in [0.4, 0.5) is 10.5 Å².